The van der Waals surface area contributed by atoms with Crippen molar-refractivity contribution < 1.29 is 12.9 Å². The van der Waals surface area contributed by atoms with Crippen molar-refractivity contribution in [1.82, 2.24) is 15.5 Å². The molecule has 1 aromatic heterocycles. The average Bonchev–Trinajstić information content (AvgIpc) is 3.04. The van der Waals surface area contributed by atoms with Gasteiger partial charge in [0, 0.05) is 32.4 Å². The molecule has 2 aromatic rings. The molecule has 1 aliphatic rings. The van der Waals surface area contributed by atoms with Gasteiger partial charge in [-0.25, -0.2) is 8.42 Å². The smallest absolute Gasteiger partial charge is 0.266 e. The van der Waals surface area contributed by atoms with Gasteiger partial charge < -0.3 is 14.7 Å². The maximum atomic E-state index is 11.5. The van der Waals surface area contributed by atoms with Crippen LogP contribution in [0.3, 0.4) is 0 Å². The van der Waals surface area contributed by atoms with Gasteiger partial charge in [0.1, 0.15) is 0 Å². The minimum atomic E-state index is -3.18. The summed E-state index contributed by atoms with van der Waals surface area (Å²) in [6.45, 7) is 5.50. The first-order valence-corrected chi connectivity index (χ1v) is 9.43. The third-order valence-corrected chi connectivity index (χ3v) is 5.14. The molecule has 124 valence electrons. The molecule has 0 aliphatic carbocycles. The Morgan fingerprint density at radius 3 is 2.48 bits per heavy atom. The molecule has 0 amide bonds. The normalized spacial score (nSPS) is 17.2. The van der Waals surface area contributed by atoms with E-state index in [0.717, 1.165) is 31.7 Å². The van der Waals surface area contributed by atoms with Crippen LogP contribution in [0.5, 0.6) is 0 Å². The maximum absolute atomic E-state index is 11.5. The van der Waals surface area contributed by atoms with Crippen LogP contribution in [-0.4, -0.2) is 51.0 Å². The van der Waals surface area contributed by atoms with Crippen molar-refractivity contribution in [2.45, 2.75) is 17.7 Å². The Kier molecular flexibility index (Phi) is 4.36. The lowest BCUT2D eigenvalue weighted by molar-refractivity contribution is 0.368. The van der Waals surface area contributed by atoms with E-state index in [4.69, 9.17) is 4.52 Å². The van der Waals surface area contributed by atoms with Gasteiger partial charge in [0.2, 0.25) is 5.89 Å². The zero-order valence-corrected chi connectivity index (χ0v) is 14.0. The maximum Gasteiger partial charge on any atom is 0.266 e. The zero-order valence-electron chi connectivity index (χ0n) is 13.2. The molecule has 0 bridgehead atoms. The fraction of sp³-hybridized carbons (Fsp3) is 0.467. The summed E-state index contributed by atoms with van der Waals surface area (Å²) in [6.07, 6.45) is 1.20. The Balaban J connectivity index is 1.77. The predicted molar refractivity (Wildman–Crippen MR) is 86.4 cm³/mol. The number of hydrogen-bond acceptors (Lipinski definition) is 7. The van der Waals surface area contributed by atoms with Gasteiger partial charge in [-0.3, -0.25) is 0 Å². The van der Waals surface area contributed by atoms with Crippen molar-refractivity contribution in [1.29, 1.82) is 0 Å². The van der Waals surface area contributed by atoms with E-state index >= 15 is 0 Å². The van der Waals surface area contributed by atoms with Crippen LogP contribution in [0.4, 0.5) is 5.95 Å². The highest BCUT2D eigenvalue weighted by molar-refractivity contribution is 7.90. The molecule has 1 fully saturated rings. The van der Waals surface area contributed by atoms with E-state index in [9.17, 15) is 8.42 Å². The van der Waals surface area contributed by atoms with Crippen LogP contribution >= 0.6 is 0 Å². The third kappa shape index (κ3) is 3.53. The van der Waals surface area contributed by atoms with Gasteiger partial charge in [-0.05, 0) is 29.8 Å². The number of rotatable bonds is 4. The minimum absolute atomic E-state index is 0.0900. The first kappa shape index (κ1) is 15.9. The fourth-order valence-corrected chi connectivity index (χ4v) is 3.17. The summed E-state index contributed by atoms with van der Waals surface area (Å²) >= 11 is 0. The topological polar surface area (TPSA) is 88.3 Å². The van der Waals surface area contributed by atoms with Gasteiger partial charge >= 0.3 is 0 Å². The molecule has 7 nitrogen and oxygen atoms in total. The predicted octanol–water partition coefficient (Wildman–Crippen LogP) is 1.03. The zero-order chi connectivity index (χ0) is 16.4. The largest absolute Gasteiger partial charge is 0.337 e. The molecule has 0 saturated carbocycles. The number of nitrogens with one attached hydrogen (secondary N) is 1. The molecule has 1 aliphatic heterocycles. The lowest BCUT2D eigenvalue weighted by Gasteiger charge is -2.25. The molecular formula is C15H20N4O3S. The van der Waals surface area contributed by atoms with Gasteiger partial charge in [0.15, 0.2) is 9.84 Å². The van der Waals surface area contributed by atoms with Crippen molar-refractivity contribution in [2.24, 2.45) is 0 Å². The second-order valence-electron chi connectivity index (χ2n) is 5.73. The fourth-order valence-electron chi connectivity index (χ4n) is 2.54. The Morgan fingerprint density at radius 2 is 1.87 bits per heavy atom. The van der Waals surface area contributed by atoms with Crippen molar-refractivity contribution in [3.63, 3.8) is 0 Å². The third-order valence-electron chi connectivity index (χ3n) is 4.01. The van der Waals surface area contributed by atoms with E-state index in [-0.39, 0.29) is 5.92 Å². The highest BCUT2D eigenvalue weighted by Gasteiger charge is 2.21. The van der Waals surface area contributed by atoms with Crippen LogP contribution < -0.4 is 10.2 Å². The molecule has 1 aromatic carbocycles. The molecule has 0 radical (unpaired) electrons. The number of nitrogens with zero attached hydrogens (tertiary/aromatic N) is 3. The Morgan fingerprint density at radius 1 is 1.22 bits per heavy atom. The van der Waals surface area contributed by atoms with Gasteiger partial charge in [-0.2, -0.15) is 4.98 Å². The van der Waals surface area contributed by atoms with Gasteiger partial charge in [0.25, 0.3) is 5.95 Å². The first-order chi connectivity index (χ1) is 10.9. The van der Waals surface area contributed by atoms with Crippen molar-refractivity contribution in [2.75, 3.05) is 37.3 Å². The van der Waals surface area contributed by atoms with Gasteiger partial charge in [-0.1, -0.05) is 12.1 Å². The average molecular weight is 336 g/mol. The summed E-state index contributed by atoms with van der Waals surface area (Å²) in [4.78, 5) is 6.88. The van der Waals surface area contributed by atoms with Crippen molar-refractivity contribution in [3.05, 3.63) is 35.7 Å². The lowest BCUT2D eigenvalue weighted by Crippen LogP contribution is -2.44. The molecule has 8 heteroatoms. The molecule has 2 heterocycles. The molecule has 1 N–H and O–H groups in total. The summed E-state index contributed by atoms with van der Waals surface area (Å²) in [6, 6.07) is 6.79. The number of piperazine rings is 1. The molecule has 1 unspecified atom stereocenters. The quantitative estimate of drug-likeness (QED) is 0.892. The summed E-state index contributed by atoms with van der Waals surface area (Å²) in [5.41, 5.74) is 0.938. The molecule has 23 heavy (non-hydrogen) atoms. The molecule has 0 spiro atoms. The molecular weight excluding hydrogens is 316 g/mol. The van der Waals surface area contributed by atoms with Crippen LogP contribution in [0.1, 0.15) is 24.3 Å². The van der Waals surface area contributed by atoms with Crippen LogP contribution in [0.25, 0.3) is 0 Å². The second-order valence-corrected chi connectivity index (χ2v) is 7.75. The standard InChI is InChI=1S/C15H20N4O3S/c1-11(12-3-5-13(6-4-12)23(2,20)21)14-17-15(18-22-14)19-9-7-16-8-10-19/h3-6,11,16H,7-10H2,1-2H3. The van der Waals surface area contributed by atoms with Crippen molar-refractivity contribution >= 4 is 15.8 Å². The second kappa shape index (κ2) is 6.29. The van der Waals surface area contributed by atoms with E-state index in [1.165, 1.54) is 6.26 Å². The van der Waals surface area contributed by atoms with E-state index in [1.807, 2.05) is 6.92 Å². The molecule has 1 saturated heterocycles. The van der Waals surface area contributed by atoms with Gasteiger partial charge in [-0.15, -0.1) is 0 Å². The lowest BCUT2D eigenvalue weighted by atomic mass is 10.0. The number of benzene rings is 1. The van der Waals surface area contributed by atoms with E-state index in [0.29, 0.717) is 16.7 Å². The van der Waals surface area contributed by atoms with E-state index in [2.05, 4.69) is 20.4 Å². The summed E-state index contributed by atoms with van der Waals surface area (Å²) < 4.78 is 28.4. The van der Waals surface area contributed by atoms with Crippen molar-refractivity contribution in [3.8, 4) is 0 Å². The van der Waals surface area contributed by atoms with Gasteiger partial charge in [0.05, 0.1) is 10.8 Å². The highest BCUT2D eigenvalue weighted by Crippen LogP contribution is 2.25. The number of aromatic nitrogens is 2. The number of hydrogen-bond donors (Lipinski definition) is 1. The highest BCUT2D eigenvalue weighted by atomic mass is 32.2. The van der Waals surface area contributed by atoms with E-state index in [1.54, 1.807) is 24.3 Å². The van der Waals surface area contributed by atoms with E-state index < -0.39 is 9.84 Å². The summed E-state index contributed by atoms with van der Waals surface area (Å²) in [7, 11) is -3.18. The van der Waals surface area contributed by atoms with Crippen LogP contribution in [0.15, 0.2) is 33.7 Å². The Hall–Kier alpha value is -1.93. The monoisotopic (exact) mass is 336 g/mol. The number of sulfone groups is 1. The minimum Gasteiger partial charge on any atom is -0.337 e. The number of anilines is 1. The molecule has 3 rings (SSSR count). The van der Waals surface area contributed by atoms with Crippen LogP contribution in [0, 0.1) is 0 Å². The summed E-state index contributed by atoms with van der Waals surface area (Å²) in [5.74, 6) is 1.06. The molecule has 1 atom stereocenters. The first-order valence-electron chi connectivity index (χ1n) is 7.54. The SMILES string of the molecule is CC(c1ccc(S(C)(=O)=O)cc1)c1nc(N2CCNCC2)no1. The summed E-state index contributed by atoms with van der Waals surface area (Å²) in [5, 5.41) is 7.34. The Labute approximate surface area is 135 Å². The Bertz CT molecular complexity index is 764. The van der Waals surface area contributed by atoms with Crippen LogP contribution in [0.2, 0.25) is 0 Å². The van der Waals surface area contributed by atoms with Crippen LogP contribution in [-0.2, 0) is 9.84 Å².